The number of nitrogens with zero attached hydrogens (tertiary/aromatic N) is 5. The van der Waals surface area contributed by atoms with Crippen molar-refractivity contribution >= 4 is 5.91 Å². The largest absolute Gasteiger partial charge is 0.367 e. The summed E-state index contributed by atoms with van der Waals surface area (Å²) in [6, 6.07) is 3.87. The van der Waals surface area contributed by atoms with Crippen molar-refractivity contribution in [3.63, 3.8) is 0 Å². The summed E-state index contributed by atoms with van der Waals surface area (Å²) in [6.07, 6.45) is 2.07. The van der Waals surface area contributed by atoms with Crippen molar-refractivity contribution in [1.82, 2.24) is 24.6 Å². The zero-order chi connectivity index (χ0) is 17.1. The number of aryl methyl sites for hydroxylation is 4. The van der Waals surface area contributed by atoms with Crippen molar-refractivity contribution < 1.29 is 9.53 Å². The Morgan fingerprint density at radius 3 is 2.67 bits per heavy atom. The second kappa shape index (κ2) is 7.09. The molecule has 7 heteroatoms. The minimum absolute atomic E-state index is 0.112. The van der Waals surface area contributed by atoms with Crippen LogP contribution in [-0.4, -0.2) is 50.3 Å². The van der Waals surface area contributed by atoms with E-state index in [1.165, 1.54) is 0 Å². The number of hydrogen-bond acceptors (Lipinski definition) is 5. The van der Waals surface area contributed by atoms with Crippen LogP contribution in [0.3, 0.4) is 0 Å². The van der Waals surface area contributed by atoms with Crippen LogP contribution in [0.1, 0.15) is 35.4 Å². The normalized spacial score (nSPS) is 18.0. The van der Waals surface area contributed by atoms with Gasteiger partial charge in [0.15, 0.2) is 5.82 Å². The van der Waals surface area contributed by atoms with E-state index in [1.807, 2.05) is 44.0 Å². The van der Waals surface area contributed by atoms with Gasteiger partial charge < -0.3 is 9.64 Å². The van der Waals surface area contributed by atoms with Gasteiger partial charge in [0.2, 0.25) is 5.91 Å². The molecular formula is C17H23N5O2. The van der Waals surface area contributed by atoms with Gasteiger partial charge in [0.05, 0.1) is 18.8 Å². The van der Waals surface area contributed by atoms with Gasteiger partial charge in [-0.25, -0.2) is 9.97 Å². The van der Waals surface area contributed by atoms with Crippen molar-refractivity contribution in [3.8, 4) is 0 Å². The minimum Gasteiger partial charge on any atom is -0.367 e. The van der Waals surface area contributed by atoms with Gasteiger partial charge >= 0.3 is 0 Å². The van der Waals surface area contributed by atoms with E-state index >= 15 is 0 Å². The highest BCUT2D eigenvalue weighted by Crippen LogP contribution is 2.20. The molecule has 1 fully saturated rings. The number of aromatic nitrogens is 4. The molecule has 3 heterocycles. The molecule has 0 aliphatic carbocycles. The summed E-state index contributed by atoms with van der Waals surface area (Å²) in [4.78, 5) is 23.2. The number of ether oxygens (including phenoxy) is 1. The fourth-order valence-corrected chi connectivity index (χ4v) is 2.89. The first-order valence-corrected chi connectivity index (χ1v) is 8.23. The molecule has 24 heavy (non-hydrogen) atoms. The lowest BCUT2D eigenvalue weighted by atomic mass is 10.2. The highest BCUT2D eigenvalue weighted by atomic mass is 16.5. The molecule has 0 aromatic carbocycles. The summed E-state index contributed by atoms with van der Waals surface area (Å²) >= 11 is 0. The van der Waals surface area contributed by atoms with Crippen molar-refractivity contribution in [2.24, 2.45) is 0 Å². The maximum absolute atomic E-state index is 12.5. The van der Waals surface area contributed by atoms with Crippen molar-refractivity contribution in [2.75, 3.05) is 19.7 Å². The fraction of sp³-hybridized carbons (Fsp3) is 0.529. The molecule has 0 bridgehead atoms. The summed E-state index contributed by atoms with van der Waals surface area (Å²) in [6.45, 7) is 8.03. The minimum atomic E-state index is -0.256. The highest BCUT2D eigenvalue weighted by molar-refractivity contribution is 5.76. The van der Waals surface area contributed by atoms with Crippen LogP contribution in [0.5, 0.6) is 0 Å². The number of morpholine rings is 1. The fourth-order valence-electron chi connectivity index (χ4n) is 2.89. The van der Waals surface area contributed by atoms with Gasteiger partial charge in [-0.3, -0.25) is 9.48 Å². The molecule has 1 saturated heterocycles. The first-order chi connectivity index (χ1) is 11.5. The van der Waals surface area contributed by atoms with Crippen LogP contribution in [0.2, 0.25) is 0 Å². The van der Waals surface area contributed by atoms with Crippen molar-refractivity contribution in [2.45, 2.75) is 39.8 Å². The van der Waals surface area contributed by atoms with E-state index in [2.05, 4.69) is 15.1 Å². The van der Waals surface area contributed by atoms with E-state index in [9.17, 15) is 4.79 Å². The third kappa shape index (κ3) is 3.97. The lowest BCUT2D eigenvalue weighted by molar-refractivity contribution is -0.139. The van der Waals surface area contributed by atoms with Gasteiger partial charge in [-0.15, -0.1) is 0 Å². The Kier molecular flexibility index (Phi) is 4.89. The van der Waals surface area contributed by atoms with Gasteiger partial charge in [-0.2, -0.15) is 5.10 Å². The molecule has 1 atom stereocenters. The van der Waals surface area contributed by atoms with Crippen LogP contribution in [0.4, 0.5) is 0 Å². The molecule has 2 aromatic rings. The molecule has 0 radical (unpaired) electrons. The van der Waals surface area contributed by atoms with E-state index in [0.29, 0.717) is 38.5 Å². The molecule has 3 rings (SSSR count). The molecule has 2 aromatic heterocycles. The first kappa shape index (κ1) is 16.6. The van der Waals surface area contributed by atoms with Crippen molar-refractivity contribution in [1.29, 1.82) is 0 Å². The SMILES string of the molecule is Cc1cc(C)nc(C2CN(C(=O)CCn3ccc(C)n3)CCO2)n1. The van der Waals surface area contributed by atoms with Crippen LogP contribution < -0.4 is 0 Å². The Labute approximate surface area is 141 Å². The number of rotatable bonds is 4. The molecule has 1 amide bonds. The molecule has 1 unspecified atom stereocenters. The molecular weight excluding hydrogens is 306 g/mol. The zero-order valence-corrected chi connectivity index (χ0v) is 14.4. The number of carbonyl (C=O) groups is 1. The Balaban J connectivity index is 1.61. The predicted molar refractivity (Wildman–Crippen MR) is 88.4 cm³/mol. The summed E-state index contributed by atoms with van der Waals surface area (Å²) < 4.78 is 7.59. The zero-order valence-electron chi connectivity index (χ0n) is 14.4. The second-order valence-corrected chi connectivity index (χ2v) is 6.18. The average Bonchev–Trinajstić information content (AvgIpc) is 2.97. The van der Waals surface area contributed by atoms with E-state index in [-0.39, 0.29) is 12.0 Å². The van der Waals surface area contributed by atoms with E-state index in [1.54, 1.807) is 4.68 Å². The lowest BCUT2D eigenvalue weighted by Crippen LogP contribution is -2.43. The molecule has 7 nitrogen and oxygen atoms in total. The summed E-state index contributed by atoms with van der Waals surface area (Å²) in [5, 5.41) is 4.31. The Hall–Kier alpha value is -2.28. The summed E-state index contributed by atoms with van der Waals surface area (Å²) in [5.74, 6) is 0.772. The number of hydrogen-bond donors (Lipinski definition) is 0. The van der Waals surface area contributed by atoms with Gasteiger partial charge in [0.1, 0.15) is 6.10 Å². The third-order valence-corrected chi connectivity index (χ3v) is 4.04. The number of amides is 1. The third-order valence-electron chi connectivity index (χ3n) is 4.04. The Morgan fingerprint density at radius 2 is 2.00 bits per heavy atom. The Morgan fingerprint density at radius 1 is 1.25 bits per heavy atom. The second-order valence-electron chi connectivity index (χ2n) is 6.18. The smallest absolute Gasteiger partial charge is 0.224 e. The maximum atomic E-state index is 12.5. The molecule has 0 saturated carbocycles. The van der Waals surface area contributed by atoms with E-state index in [4.69, 9.17) is 4.74 Å². The molecule has 0 spiro atoms. The predicted octanol–water partition coefficient (Wildman–Crippen LogP) is 1.59. The lowest BCUT2D eigenvalue weighted by Gasteiger charge is -2.32. The topological polar surface area (TPSA) is 73.1 Å². The van der Waals surface area contributed by atoms with Crippen LogP contribution >= 0.6 is 0 Å². The van der Waals surface area contributed by atoms with E-state index in [0.717, 1.165) is 17.1 Å². The first-order valence-electron chi connectivity index (χ1n) is 8.23. The molecule has 0 N–H and O–H groups in total. The van der Waals surface area contributed by atoms with Gasteiger partial charge in [0.25, 0.3) is 0 Å². The Bertz CT molecular complexity index is 707. The molecule has 128 valence electrons. The summed E-state index contributed by atoms with van der Waals surface area (Å²) in [5.41, 5.74) is 2.79. The summed E-state index contributed by atoms with van der Waals surface area (Å²) in [7, 11) is 0. The van der Waals surface area contributed by atoms with Crippen LogP contribution in [0, 0.1) is 20.8 Å². The van der Waals surface area contributed by atoms with Gasteiger partial charge in [0, 0.05) is 37.1 Å². The average molecular weight is 329 g/mol. The molecule has 1 aliphatic heterocycles. The van der Waals surface area contributed by atoms with Gasteiger partial charge in [-0.05, 0) is 32.9 Å². The van der Waals surface area contributed by atoms with Crippen molar-refractivity contribution in [3.05, 3.63) is 41.2 Å². The maximum Gasteiger partial charge on any atom is 0.224 e. The standard InChI is InChI=1S/C17H23N5O2/c1-12-4-6-22(20-12)7-5-16(23)21-8-9-24-15(11-21)17-18-13(2)10-14(3)19-17/h4,6,10,15H,5,7-9,11H2,1-3H3. The van der Waals surface area contributed by atoms with E-state index < -0.39 is 0 Å². The monoisotopic (exact) mass is 329 g/mol. The van der Waals surface area contributed by atoms with Crippen LogP contribution in [0.25, 0.3) is 0 Å². The molecule has 1 aliphatic rings. The highest BCUT2D eigenvalue weighted by Gasteiger charge is 2.27. The number of carbonyl (C=O) groups excluding carboxylic acids is 1. The van der Waals surface area contributed by atoms with Gasteiger partial charge in [-0.1, -0.05) is 0 Å². The van der Waals surface area contributed by atoms with Crippen LogP contribution in [-0.2, 0) is 16.1 Å². The quantitative estimate of drug-likeness (QED) is 0.852. The van der Waals surface area contributed by atoms with Crippen LogP contribution in [0.15, 0.2) is 18.3 Å².